The topological polar surface area (TPSA) is 95.1 Å². The maximum atomic E-state index is 13.2. The van der Waals surface area contributed by atoms with E-state index in [2.05, 4.69) is 27.4 Å². The average molecular weight is 287 g/mol. The quantitative estimate of drug-likeness (QED) is 0.701. The number of aliphatic hydroxyl groups is 1. The van der Waals surface area contributed by atoms with E-state index in [0.29, 0.717) is 0 Å². The van der Waals surface area contributed by atoms with Crippen LogP contribution < -0.4 is 10.9 Å². The maximum absolute atomic E-state index is 13.2. The van der Waals surface area contributed by atoms with Gasteiger partial charge < -0.3 is 10.4 Å². The minimum atomic E-state index is -0.579. The zero-order valence-corrected chi connectivity index (χ0v) is 10.7. The molecular formula is C14H10FN3O3. The molecule has 0 saturated heterocycles. The largest absolute Gasteiger partial charge is 0.384 e. The first-order valence-corrected chi connectivity index (χ1v) is 5.86. The molecule has 1 aromatic carbocycles. The third-order valence-corrected chi connectivity index (χ3v) is 2.44. The van der Waals surface area contributed by atoms with Crippen LogP contribution >= 0.6 is 0 Å². The summed E-state index contributed by atoms with van der Waals surface area (Å²) in [5, 5.41) is 16.9. The number of benzene rings is 1. The number of aromatic nitrogens is 2. The van der Waals surface area contributed by atoms with Gasteiger partial charge in [0.05, 0.1) is 11.3 Å². The van der Waals surface area contributed by atoms with Crippen LogP contribution in [0.25, 0.3) is 0 Å². The number of nitrogens with zero attached hydrogens (tertiary/aromatic N) is 1. The molecule has 7 heteroatoms. The highest BCUT2D eigenvalue weighted by atomic mass is 19.1. The fourth-order valence-electron chi connectivity index (χ4n) is 1.52. The van der Waals surface area contributed by atoms with Crippen molar-refractivity contribution >= 4 is 11.6 Å². The van der Waals surface area contributed by atoms with Gasteiger partial charge in [-0.2, -0.15) is 5.10 Å². The monoisotopic (exact) mass is 287 g/mol. The summed E-state index contributed by atoms with van der Waals surface area (Å²) in [4.78, 5) is 22.8. The molecule has 2 rings (SSSR count). The lowest BCUT2D eigenvalue weighted by Crippen LogP contribution is -2.18. The molecule has 0 aliphatic carbocycles. The van der Waals surface area contributed by atoms with Crippen LogP contribution in [-0.2, 0) is 0 Å². The molecule has 0 saturated carbocycles. The number of anilines is 1. The van der Waals surface area contributed by atoms with E-state index in [4.69, 9.17) is 5.11 Å². The van der Waals surface area contributed by atoms with Crippen LogP contribution in [0.1, 0.15) is 16.1 Å². The van der Waals surface area contributed by atoms with Gasteiger partial charge in [-0.05, 0) is 24.3 Å². The summed E-state index contributed by atoms with van der Waals surface area (Å²) in [6.07, 6.45) is 0. The van der Waals surface area contributed by atoms with Gasteiger partial charge in [-0.1, -0.05) is 11.8 Å². The zero-order valence-electron chi connectivity index (χ0n) is 10.7. The first kappa shape index (κ1) is 14.4. The van der Waals surface area contributed by atoms with Crippen molar-refractivity contribution in [1.82, 2.24) is 10.2 Å². The molecule has 3 N–H and O–H groups in total. The van der Waals surface area contributed by atoms with E-state index in [9.17, 15) is 14.0 Å². The number of carbonyl (C=O) groups excluding carboxylic acids is 1. The second-order valence-electron chi connectivity index (χ2n) is 3.91. The van der Waals surface area contributed by atoms with Crippen LogP contribution in [0, 0.1) is 17.7 Å². The second-order valence-corrected chi connectivity index (χ2v) is 3.91. The highest BCUT2D eigenvalue weighted by Crippen LogP contribution is 2.16. The van der Waals surface area contributed by atoms with Crippen molar-refractivity contribution in [3.8, 4) is 11.8 Å². The SMILES string of the molecule is O=C(Nc1ccc(F)cc1C#CCO)c1ccc(=O)[nH]n1. The highest BCUT2D eigenvalue weighted by molar-refractivity contribution is 6.03. The summed E-state index contributed by atoms with van der Waals surface area (Å²) in [5.74, 6) is 3.82. The molecule has 0 fully saturated rings. The van der Waals surface area contributed by atoms with Gasteiger partial charge in [0.25, 0.3) is 11.5 Å². The molecule has 1 amide bonds. The Morgan fingerprint density at radius 1 is 1.38 bits per heavy atom. The van der Waals surface area contributed by atoms with Crippen LogP contribution in [0.2, 0.25) is 0 Å². The molecule has 0 spiro atoms. The molecule has 0 aliphatic heterocycles. The standard InChI is InChI=1S/C14H10FN3O3/c15-10-3-4-11(9(8-10)2-1-7-19)16-14(21)12-5-6-13(20)18-17-12/h3-6,8,19H,7H2,(H,16,21)(H,18,20). The molecule has 0 bridgehead atoms. The predicted molar refractivity (Wildman–Crippen MR) is 73.2 cm³/mol. The molecule has 0 radical (unpaired) electrons. The number of nitrogens with one attached hydrogen (secondary N) is 2. The maximum Gasteiger partial charge on any atom is 0.276 e. The van der Waals surface area contributed by atoms with Gasteiger partial charge in [-0.3, -0.25) is 9.59 Å². The Labute approximate surface area is 118 Å². The van der Waals surface area contributed by atoms with E-state index in [0.717, 1.165) is 6.07 Å². The van der Waals surface area contributed by atoms with Gasteiger partial charge in [0.1, 0.15) is 18.1 Å². The van der Waals surface area contributed by atoms with Crippen molar-refractivity contribution < 1.29 is 14.3 Å². The number of H-pyrrole nitrogens is 1. The predicted octanol–water partition coefficient (Wildman–Crippen LogP) is 0.505. The first-order valence-electron chi connectivity index (χ1n) is 5.86. The number of rotatable bonds is 2. The number of halogens is 1. The Balaban J connectivity index is 2.28. The third kappa shape index (κ3) is 3.75. The fourth-order valence-corrected chi connectivity index (χ4v) is 1.52. The van der Waals surface area contributed by atoms with Crippen molar-refractivity contribution in [1.29, 1.82) is 0 Å². The normalized spacial score (nSPS) is 9.62. The zero-order chi connectivity index (χ0) is 15.2. The number of hydrogen-bond acceptors (Lipinski definition) is 4. The molecule has 0 aliphatic rings. The molecule has 2 aromatic rings. The molecule has 106 valence electrons. The first-order chi connectivity index (χ1) is 10.1. The molecule has 1 aromatic heterocycles. The average Bonchev–Trinajstić information content (AvgIpc) is 2.48. The number of carbonyl (C=O) groups is 1. The van der Waals surface area contributed by atoms with E-state index < -0.39 is 17.3 Å². The summed E-state index contributed by atoms with van der Waals surface area (Å²) in [5.41, 5.74) is 0.0694. The van der Waals surface area contributed by atoms with Gasteiger partial charge >= 0.3 is 0 Å². The van der Waals surface area contributed by atoms with E-state index >= 15 is 0 Å². The highest BCUT2D eigenvalue weighted by Gasteiger charge is 2.10. The molecule has 1 heterocycles. The number of hydrogen-bond donors (Lipinski definition) is 3. The van der Waals surface area contributed by atoms with Gasteiger partial charge in [-0.25, -0.2) is 9.49 Å². The van der Waals surface area contributed by atoms with E-state index in [1.54, 1.807) is 0 Å². The van der Waals surface area contributed by atoms with Crippen molar-refractivity contribution in [2.45, 2.75) is 0 Å². The van der Waals surface area contributed by atoms with Gasteiger partial charge in [0.15, 0.2) is 0 Å². The van der Waals surface area contributed by atoms with Crippen LogP contribution in [0.15, 0.2) is 35.1 Å². The Morgan fingerprint density at radius 2 is 2.19 bits per heavy atom. The van der Waals surface area contributed by atoms with Gasteiger partial charge in [0, 0.05) is 6.07 Å². The van der Waals surface area contributed by atoms with Crippen LogP contribution in [0.5, 0.6) is 0 Å². The van der Waals surface area contributed by atoms with Crippen LogP contribution in [0.3, 0.4) is 0 Å². The van der Waals surface area contributed by atoms with Crippen molar-refractivity contribution in [3.63, 3.8) is 0 Å². The number of aromatic amines is 1. The van der Waals surface area contributed by atoms with E-state index in [1.807, 2.05) is 0 Å². The third-order valence-electron chi connectivity index (χ3n) is 2.44. The lowest BCUT2D eigenvalue weighted by Gasteiger charge is -2.07. The Morgan fingerprint density at radius 3 is 2.86 bits per heavy atom. The molecule has 6 nitrogen and oxygen atoms in total. The molecular weight excluding hydrogens is 277 g/mol. The van der Waals surface area contributed by atoms with Crippen LogP contribution in [0.4, 0.5) is 10.1 Å². The lowest BCUT2D eigenvalue weighted by atomic mass is 10.1. The number of amides is 1. The van der Waals surface area contributed by atoms with Crippen molar-refractivity contribution in [3.05, 3.63) is 57.8 Å². The van der Waals surface area contributed by atoms with E-state index in [-0.39, 0.29) is 23.6 Å². The summed E-state index contributed by atoms with van der Waals surface area (Å²) in [7, 11) is 0. The molecule has 0 atom stereocenters. The number of aliphatic hydroxyl groups excluding tert-OH is 1. The van der Waals surface area contributed by atoms with Crippen LogP contribution in [-0.4, -0.2) is 27.8 Å². The van der Waals surface area contributed by atoms with Crippen molar-refractivity contribution in [2.75, 3.05) is 11.9 Å². The summed E-state index contributed by atoms with van der Waals surface area (Å²) < 4.78 is 13.2. The van der Waals surface area contributed by atoms with Crippen molar-refractivity contribution in [2.24, 2.45) is 0 Å². The molecule has 21 heavy (non-hydrogen) atoms. The Kier molecular flexibility index (Phi) is 4.43. The summed E-state index contributed by atoms with van der Waals surface area (Å²) in [6.45, 7) is -0.384. The van der Waals surface area contributed by atoms with Gasteiger partial charge in [-0.15, -0.1) is 0 Å². The smallest absolute Gasteiger partial charge is 0.276 e. The Hall–Kier alpha value is -2.98. The lowest BCUT2D eigenvalue weighted by molar-refractivity contribution is 0.102. The second kappa shape index (κ2) is 6.45. The molecule has 0 unspecified atom stereocenters. The fraction of sp³-hybridized carbons (Fsp3) is 0.0714. The minimum Gasteiger partial charge on any atom is -0.384 e. The van der Waals surface area contributed by atoms with E-state index in [1.165, 1.54) is 24.3 Å². The summed E-state index contributed by atoms with van der Waals surface area (Å²) in [6, 6.07) is 6.08. The minimum absolute atomic E-state index is 0.00000706. The summed E-state index contributed by atoms with van der Waals surface area (Å²) >= 11 is 0. The Bertz CT molecular complexity index is 770. The van der Waals surface area contributed by atoms with Gasteiger partial charge in [0.2, 0.25) is 0 Å².